The van der Waals surface area contributed by atoms with Crippen LogP contribution in [0.1, 0.15) is 107 Å². The summed E-state index contributed by atoms with van der Waals surface area (Å²) in [7, 11) is 0. The minimum Gasteiger partial charge on any atom is -0.489 e. The van der Waals surface area contributed by atoms with Gasteiger partial charge in [0.25, 0.3) is 17.7 Å². The Morgan fingerprint density at radius 3 is 2.11 bits per heavy atom. The van der Waals surface area contributed by atoms with E-state index in [-0.39, 0.29) is 47.6 Å². The number of rotatable bonds is 9. The molecule has 4 heterocycles. The molecule has 5 amide bonds. The van der Waals surface area contributed by atoms with Crippen molar-refractivity contribution in [3.63, 3.8) is 0 Å². The van der Waals surface area contributed by atoms with Crippen LogP contribution in [0.5, 0.6) is 5.75 Å². The minimum absolute atomic E-state index is 0.0969. The third kappa shape index (κ3) is 7.11. The maximum absolute atomic E-state index is 13.5. The van der Waals surface area contributed by atoms with Crippen molar-refractivity contribution in [3.8, 4) is 11.8 Å². The van der Waals surface area contributed by atoms with E-state index in [0.29, 0.717) is 52.0 Å². The van der Waals surface area contributed by atoms with Gasteiger partial charge in [-0.2, -0.15) is 5.26 Å². The molecule has 296 valence electrons. The van der Waals surface area contributed by atoms with Crippen molar-refractivity contribution >= 4 is 41.1 Å². The highest BCUT2D eigenvalue weighted by molar-refractivity contribution is 6.31. The summed E-state index contributed by atoms with van der Waals surface area (Å²) in [5, 5.41) is 15.1. The van der Waals surface area contributed by atoms with Gasteiger partial charge in [-0.3, -0.25) is 44.0 Å². The second kappa shape index (κ2) is 14.7. The molecule has 4 aliphatic heterocycles. The molecule has 3 aromatic rings. The monoisotopic (exact) mass is 790 g/mol. The fourth-order valence-corrected chi connectivity index (χ4v) is 10.3. The van der Waals surface area contributed by atoms with Gasteiger partial charge in [-0.25, -0.2) is 0 Å². The number of nitrogens with one attached hydrogen (secondary N) is 2. The zero-order valence-corrected chi connectivity index (χ0v) is 33.4. The number of carbonyl (C=O) groups is 5. The van der Waals surface area contributed by atoms with E-state index in [0.717, 1.165) is 60.6 Å². The van der Waals surface area contributed by atoms with Gasteiger partial charge in [-0.15, -0.1) is 0 Å². The van der Waals surface area contributed by atoms with E-state index in [9.17, 15) is 29.2 Å². The van der Waals surface area contributed by atoms with Crippen LogP contribution in [0, 0.1) is 28.1 Å². The third-order valence-corrected chi connectivity index (χ3v) is 13.1. The maximum atomic E-state index is 13.5. The number of imide groups is 2. The molecule has 12 nitrogen and oxygen atoms in total. The van der Waals surface area contributed by atoms with Crippen LogP contribution in [0.15, 0.2) is 54.6 Å². The second-order valence-electron chi connectivity index (χ2n) is 17.5. The van der Waals surface area contributed by atoms with Crippen molar-refractivity contribution < 1.29 is 28.7 Å². The molecule has 1 unspecified atom stereocenters. The molecule has 0 spiro atoms. The minimum atomic E-state index is -0.962. The van der Waals surface area contributed by atoms with Gasteiger partial charge < -0.3 is 10.1 Å². The van der Waals surface area contributed by atoms with Crippen LogP contribution in [0.3, 0.4) is 0 Å². The normalized spacial score (nSPS) is 24.4. The molecule has 13 heteroatoms. The largest absolute Gasteiger partial charge is 0.489 e. The number of nitrogens with zero attached hydrogens (tertiary/aromatic N) is 4. The number of piperidine rings is 2. The summed E-state index contributed by atoms with van der Waals surface area (Å²) in [5.74, 6) is -0.908. The third-order valence-electron chi connectivity index (χ3n) is 12.8. The molecule has 57 heavy (non-hydrogen) atoms. The van der Waals surface area contributed by atoms with Crippen molar-refractivity contribution in [3.05, 3.63) is 98.6 Å². The van der Waals surface area contributed by atoms with E-state index in [4.69, 9.17) is 16.3 Å². The molecule has 3 aromatic carbocycles. The highest BCUT2D eigenvalue weighted by atomic mass is 35.5. The highest BCUT2D eigenvalue weighted by Gasteiger charge is 2.64. The number of carbonyl (C=O) groups excluding carboxylic acids is 5. The van der Waals surface area contributed by atoms with E-state index in [1.807, 2.05) is 36.4 Å². The Bertz CT molecular complexity index is 2160. The number of amides is 5. The first-order valence-electron chi connectivity index (χ1n) is 19.7. The Kier molecular flexibility index (Phi) is 9.99. The first-order chi connectivity index (χ1) is 27.1. The summed E-state index contributed by atoms with van der Waals surface area (Å²) in [6.45, 7) is 13.5. The van der Waals surface area contributed by atoms with E-state index >= 15 is 0 Å². The topological polar surface area (TPSA) is 152 Å². The lowest BCUT2D eigenvalue weighted by molar-refractivity contribution is -0.164. The van der Waals surface area contributed by atoms with E-state index < -0.39 is 23.8 Å². The summed E-state index contributed by atoms with van der Waals surface area (Å²) in [6.07, 6.45) is 2.19. The van der Waals surface area contributed by atoms with Gasteiger partial charge in [0.2, 0.25) is 11.8 Å². The first kappa shape index (κ1) is 38.8. The summed E-state index contributed by atoms with van der Waals surface area (Å²) in [6, 6.07) is 17.6. The molecule has 1 saturated carbocycles. The van der Waals surface area contributed by atoms with Gasteiger partial charge in [0, 0.05) is 61.1 Å². The zero-order valence-electron chi connectivity index (χ0n) is 32.7. The van der Waals surface area contributed by atoms with Crippen molar-refractivity contribution in [1.82, 2.24) is 25.3 Å². The number of nitriles is 1. The van der Waals surface area contributed by atoms with Crippen LogP contribution in [0.25, 0.3) is 0 Å². The van der Waals surface area contributed by atoms with Gasteiger partial charge in [-0.05, 0) is 91.4 Å². The standard InChI is InChI=1S/C44H47ClN6O6/c1-43(2)41(44(3,4)42(43)57-31-10-9-28(20-46)34(45)19-31)48-37(53)27-7-5-25(6-8-27)21-49-15-13-26(14-16-49)22-50-23-29-17-32-33(18-30(29)24-50)40(56)51(39(32)55)35-11-12-36(52)47-38(35)54/h5-10,17-19,26,35,41-42H,11-16,21-24H2,1-4H3,(H,48,53)(H,47,52,54). The van der Waals surface area contributed by atoms with Gasteiger partial charge in [0.1, 0.15) is 24.0 Å². The predicted molar refractivity (Wildman–Crippen MR) is 211 cm³/mol. The van der Waals surface area contributed by atoms with Gasteiger partial charge in [0.05, 0.1) is 21.7 Å². The van der Waals surface area contributed by atoms with Crippen molar-refractivity contribution in [2.45, 2.75) is 91.2 Å². The van der Waals surface area contributed by atoms with Crippen LogP contribution in [0.4, 0.5) is 0 Å². The van der Waals surface area contributed by atoms with Crippen LogP contribution in [-0.2, 0) is 29.2 Å². The van der Waals surface area contributed by atoms with Gasteiger partial charge in [0.15, 0.2) is 0 Å². The number of ether oxygens (including phenoxy) is 1. The number of hydrogen-bond donors (Lipinski definition) is 2. The quantitative estimate of drug-likeness (QED) is 0.270. The fraction of sp³-hybridized carbons (Fsp3) is 0.455. The smallest absolute Gasteiger partial charge is 0.262 e. The molecule has 1 aliphatic carbocycles. The number of likely N-dealkylation sites (tertiary alicyclic amines) is 1. The van der Waals surface area contributed by atoms with Crippen LogP contribution < -0.4 is 15.4 Å². The Morgan fingerprint density at radius 2 is 1.53 bits per heavy atom. The fourth-order valence-electron chi connectivity index (χ4n) is 10.1. The number of benzene rings is 3. The van der Waals surface area contributed by atoms with E-state index in [1.165, 1.54) is 0 Å². The predicted octanol–water partition coefficient (Wildman–Crippen LogP) is 5.45. The van der Waals surface area contributed by atoms with E-state index in [2.05, 4.69) is 54.2 Å². The molecule has 5 aliphatic rings. The van der Waals surface area contributed by atoms with Crippen molar-refractivity contribution in [1.29, 1.82) is 5.26 Å². The number of hydrogen-bond acceptors (Lipinski definition) is 9. The van der Waals surface area contributed by atoms with Crippen LogP contribution >= 0.6 is 11.6 Å². The van der Waals surface area contributed by atoms with Gasteiger partial charge in [-0.1, -0.05) is 51.4 Å². The van der Waals surface area contributed by atoms with Crippen LogP contribution in [-0.4, -0.2) is 82.1 Å². The molecular formula is C44H47ClN6O6. The molecule has 0 radical (unpaired) electrons. The Hall–Kier alpha value is -5.09. The SMILES string of the molecule is CC1(C)C(NC(=O)c2ccc(CN3CCC(CN4Cc5cc6c(cc5C4)C(=O)N(C4CCC(=O)NC4=O)C6=O)CC3)cc2)C(C)(C)C1Oc1ccc(C#N)c(Cl)c1. The lowest BCUT2D eigenvalue weighted by Crippen LogP contribution is -2.74. The molecule has 2 saturated heterocycles. The Morgan fingerprint density at radius 1 is 0.895 bits per heavy atom. The van der Waals surface area contributed by atoms with Gasteiger partial charge >= 0.3 is 0 Å². The Labute approximate surface area is 337 Å². The zero-order chi connectivity index (χ0) is 40.4. The Balaban J connectivity index is 0.798. The lowest BCUT2D eigenvalue weighted by Gasteiger charge is -2.63. The van der Waals surface area contributed by atoms with Crippen LogP contribution in [0.2, 0.25) is 5.02 Å². The summed E-state index contributed by atoms with van der Waals surface area (Å²) >= 11 is 6.25. The van der Waals surface area contributed by atoms with Crippen molar-refractivity contribution in [2.75, 3.05) is 19.6 Å². The first-order valence-corrected chi connectivity index (χ1v) is 20.1. The molecule has 1 atom stereocenters. The van der Waals surface area contributed by atoms with E-state index in [1.54, 1.807) is 18.2 Å². The number of halogens is 1. The molecule has 2 N–H and O–H groups in total. The second-order valence-corrected chi connectivity index (χ2v) is 17.9. The number of fused-ring (bicyclic) bond motifs is 2. The average molecular weight is 791 g/mol. The average Bonchev–Trinajstić information content (AvgIpc) is 3.68. The highest BCUT2D eigenvalue weighted by Crippen LogP contribution is 2.55. The lowest BCUT2D eigenvalue weighted by atomic mass is 9.49. The molecule has 3 fully saturated rings. The molecule has 0 bridgehead atoms. The maximum Gasteiger partial charge on any atom is 0.262 e. The summed E-state index contributed by atoms with van der Waals surface area (Å²) in [4.78, 5) is 70.0. The molecule has 0 aromatic heterocycles. The molecular weight excluding hydrogens is 744 g/mol. The molecule has 8 rings (SSSR count). The van der Waals surface area contributed by atoms with Crippen molar-refractivity contribution in [2.24, 2.45) is 16.7 Å². The summed E-state index contributed by atoms with van der Waals surface area (Å²) in [5.41, 5.74) is 4.22. The summed E-state index contributed by atoms with van der Waals surface area (Å²) < 4.78 is 6.37.